The van der Waals surface area contributed by atoms with Gasteiger partial charge in [-0.15, -0.1) is 0 Å². The fraction of sp³-hybridized carbons (Fsp3) is 0.222. The third-order valence-electron chi connectivity index (χ3n) is 2.13. The smallest absolute Gasteiger partial charge is 0.0926 e. The number of hydrogen-bond acceptors (Lipinski definition) is 3. The summed E-state index contributed by atoms with van der Waals surface area (Å²) in [5, 5.41) is 5.51. The van der Waals surface area contributed by atoms with E-state index in [-0.39, 0.29) is 0 Å². The van der Waals surface area contributed by atoms with Gasteiger partial charge in [-0.25, -0.2) is 0 Å². The Hall–Kier alpha value is -1.39. The summed E-state index contributed by atoms with van der Waals surface area (Å²) in [5.74, 6) is 5.29. The number of hydrogen-bond donors (Lipinski definition) is 2. The van der Waals surface area contributed by atoms with Crippen LogP contribution in [-0.2, 0) is 13.6 Å². The molecule has 1 heterocycles. The van der Waals surface area contributed by atoms with Crippen molar-refractivity contribution in [2.45, 2.75) is 6.54 Å². The Morgan fingerprint density at radius 1 is 1.46 bits per heavy atom. The second-order valence-corrected chi connectivity index (χ2v) is 2.97. The van der Waals surface area contributed by atoms with Gasteiger partial charge in [-0.05, 0) is 6.07 Å². The van der Waals surface area contributed by atoms with E-state index in [1.54, 1.807) is 0 Å². The molecule has 0 spiro atoms. The Balaban J connectivity index is 2.64. The van der Waals surface area contributed by atoms with E-state index in [1.165, 1.54) is 0 Å². The number of nitrogens with one attached hydrogen (secondary N) is 1. The predicted octanol–water partition coefficient (Wildman–Crippen LogP) is 0.537. The number of hydrazine groups is 1. The monoisotopic (exact) mass is 176 g/mol. The van der Waals surface area contributed by atoms with E-state index in [4.69, 9.17) is 5.84 Å². The molecule has 0 saturated heterocycles. The molecule has 0 aliphatic heterocycles. The first kappa shape index (κ1) is 8.22. The molecule has 0 saturated carbocycles. The SMILES string of the molecule is Cn1nc2ccccc2c1CNN. The quantitative estimate of drug-likeness (QED) is 0.518. The number of benzene rings is 1. The maximum Gasteiger partial charge on any atom is 0.0926 e. The van der Waals surface area contributed by atoms with E-state index in [2.05, 4.69) is 16.6 Å². The minimum atomic E-state index is 0.636. The second-order valence-electron chi connectivity index (χ2n) is 2.97. The first-order valence-electron chi connectivity index (χ1n) is 4.17. The lowest BCUT2D eigenvalue weighted by Crippen LogP contribution is -2.22. The molecule has 4 heteroatoms. The van der Waals surface area contributed by atoms with Gasteiger partial charge in [0.15, 0.2) is 0 Å². The van der Waals surface area contributed by atoms with Crippen LogP contribution in [0.5, 0.6) is 0 Å². The Morgan fingerprint density at radius 2 is 2.23 bits per heavy atom. The van der Waals surface area contributed by atoms with Gasteiger partial charge in [-0.2, -0.15) is 5.10 Å². The summed E-state index contributed by atoms with van der Waals surface area (Å²) in [5.41, 5.74) is 4.76. The van der Waals surface area contributed by atoms with Crippen molar-refractivity contribution in [3.8, 4) is 0 Å². The normalized spacial score (nSPS) is 10.9. The lowest BCUT2D eigenvalue weighted by atomic mass is 10.2. The van der Waals surface area contributed by atoms with Crippen LogP contribution < -0.4 is 11.3 Å². The highest BCUT2D eigenvalue weighted by Gasteiger charge is 2.05. The van der Waals surface area contributed by atoms with Gasteiger partial charge in [0.05, 0.1) is 17.8 Å². The molecule has 3 N–H and O–H groups in total. The van der Waals surface area contributed by atoms with Gasteiger partial charge >= 0.3 is 0 Å². The Kier molecular flexibility index (Phi) is 2.00. The van der Waals surface area contributed by atoms with Crippen molar-refractivity contribution in [2.75, 3.05) is 0 Å². The molecule has 1 aromatic carbocycles. The van der Waals surface area contributed by atoms with Crippen LogP contribution >= 0.6 is 0 Å². The van der Waals surface area contributed by atoms with Crippen molar-refractivity contribution >= 4 is 10.9 Å². The van der Waals surface area contributed by atoms with E-state index in [0.717, 1.165) is 16.6 Å². The van der Waals surface area contributed by atoms with Gasteiger partial charge < -0.3 is 0 Å². The number of aromatic nitrogens is 2. The number of nitrogens with two attached hydrogens (primary N) is 1. The van der Waals surface area contributed by atoms with E-state index >= 15 is 0 Å². The third-order valence-corrected chi connectivity index (χ3v) is 2.13. The Morgan fingerprint density at radius 3 is 3.00 bits per heavy atom. The van der Waals surface area contributed by atoms with Gasteiger partial charge in [0.2, 0.25) is 0 Å². The van der Waals surface area contributed by atoms with E-state index < -0.39 is 0 Å². The molecule has 2 rings (SSSR count). The van der Waals surface area contributed by atoms with Gasteiger partial charge in [-0.3, -0.25) is 16.0 Å². The van der Waals surface area contributed by atoms with Gasteiger partial charge in [0, 0.05) is 12.4 Å². The highest BCUT2D eigenvalue weighted by atomic mass is 15.3. The maximum absolute atomic E-state index is 5.29. The van der Waals surface area contributed by atoms with Crippen LogP contribution in [0, 0.1) is 0 Å². The fourth-order valence-electron chi connectivity index (χ4n) is 1.51. The number of rotatable bonds is 2. The molecule has 0 aliphatic carbocycles. The summed E-state index contributed by atoms with van der Waals surface area (Å²) in [7, 11) is 1.92. The molecule has 68 valence electrons. The summed E-state index contributed by atoms with van der Waals surface area (Å²) < 4.78 is 1.85. The van der Waals surface area contributed by atoms with Crippen molar-refractivity contribution in [3.63, 3.8) is 0 Å². The average molecular weight is 176 g/mol. The maximum atomic E-state index is 5.29. The largest absolute Gasteiger partial charge is 0.271 e. The van der Waals surface area contributed by atoms with Crippen molar-refractivity contribution in [1.29, 1.82) is 0 Å². The lowest BCUT2D eigenvalue weighted by Gasteiger charge is -1.99. The van der Waals surface area contributed by atoms with Crippen LogP contribution in [0.3, 0.4) is 0 Å². The van der Waals surface area contributed by atoms with Crippen molar-refractivity contribution in [2.24, 2.45) is 12.9 Å². The molecular weight excluding hydrogens is 164 g/mol. The third kappa shape index (κ3) is 1.30. The van der Waals surface area contributed by atoms with Crippen LogP contribution in [-0.4, -0.2) is 9.78 Å². The first-order valence-corrected chi connectivity index (χ1v) is 4.17. The molecule has 1 aromatic heterocycles. The topological polar surface area (TPSA) is 55.9 Å². The predicted molar refractivity (Wildman–Crippen MR) is 51.7 cm³/mol. The highest BCUT2D eigenvalue weighted by molar-refractivity contribution is 5.81. The summed E-state index contributed by atoms with van der Waals surface area (Å²) >= 11 is 0. The summed E-state index contributed by atoms with van der Waals surface area (Å²) in [4.78, 5) is 0. The first-order chi connectivity index (χ1) is 6.33. The molecule has 2 aromatic rings. The van der Waals surface area contributed by atoms with Crippen molar-refractivity contribution < 1.29 is 0 Å². The van der Waals surface area contributed by atoms with E-state index in [9.17, 15) is 0 Å². The zero-order valence-corrected chi connectivity index (χ0v) is 7.49. The molecule has 0 bridgehead atoms. The molecule has 0 aliphatic rings. The average Bonchev–Trinajstić information content (AvgIpc) is 2.44. The summed E-state index contributed by atoms with van der Waals surface area (Å²) in [6.45, 7) is 0.636. The summed E-state index contributed by atoms with van der Waals surface area (Å²) in [6, 6.07) is 8.03. The zero-order chi connectivity index (χ0) is 9.26. The zero-order valence-electron chi connectivity index (χ0n) is 7.49. The Bertz CT molecular complexity index is 418. The van der Waals surface area contributed by atoms with E-state index in [1.807, 2.05) is 29.9 Å². The molecule has 13 heavy (non-hydrogen) atoms. The number of fused-ring (bicyclic) bond motifs is 1. The van der Waals surface area contributed by atoms with Crippen molar-refractivity contribution in [3.05, 3.63) is 30.0 Å². The van der Waals surface area contributed by atoms with Crippen molar-refractivity contribution in [1.82, 2.24) is 15.2 Å². The van der Waals surface area contributed by atoms with Gasteiger partial charge in [-0.1, -0.05) is 18.2 Å². The molecule has 0 atom stereocenters. The molecule has 0 radical (unpaired) electrons. The van der Waals surface area contributed by atoms with Gasteiger partial charge in [0.1, 0.15) is 0 Å². The molecule has 0 unspecified atom stereocenters. The van der Waals surface area contributed by atoms with Gasteiger partial charge in [0.25, 0.3) is 0 Å². The minimum absolute atomic E-state index is 0.636. The number of aryl methyl sites for hydroxylation is 1. The number of nitrogens with zero attached hydrogens (tertiary/aromatic N) is 2. The van der Waals surface area contributed by atoms with E-state index in [0.29, 0.717) is 6.54 Å². The van der Waals surface area contributed by atoms with Crippen LogP contribution in [0.1, 0.15) is 5.69 Å². The highest BCUT2D eigenvalue weighted by Crippen LogP contribution is 2.16. The van der Waals surface area contributed by atoms with Crippen LogP contribution in [0.15, 0.2) is 24.3 Å². The fourth-order valence-corrected chi connectivity index (χ4v) is 1.51. The van der Waals surface area contributed by atoms with Crippen LogP contribution in [0.2, 0.25) is 0 Å². The molecule has 0 fully saturated rings. The second kappa shape index (κ2) is 3.16. The molecular formula is C9H12N4. The molecule has 0 amide bonds. The Labute approximate surface area is 76.3 Å². The van der Waals surface area contributed by atoms with Crippen LogP contribution in [0.4, 0.5) is 0 Å². The summed E-state index contributed by atoms with van der Waals surface area (Å²) in [6.07, 6.45) is 0. The van der Waals surface area contributed by atoms with Crippen LogP contribution in [0.25, 0.3) is 10.9 Å². The lowest BCUT2D eigenvalue weighted by molar-refractivity contribution is 0.652. The minimum Gasteiger partial charge on any atom is -0.271 e. The molecule has 4 nitrogen and oxygen atoms in total. The standard InChI is InChI=1S/C9H12N4/c1-13-9(6-11-10)7-4-2-3-5-8(7)12-13/h2-5,11H,6,10H2,1H3.